The Morgan fingerprint density at radius 3 is 2.00 bits per heavy atom. The van der Waals surface area contributed by atoms with E-state index in [2.05, 4.69) is 131 Å². The lowest BCUT2D eigenvalue weighted by molar-refractivity contribution is -0.124. The van der Waals surface area contributed by atoms with Gasteiger partial charge in [0, 0.05) is 30.7 Å². The number of aromatic nitrogens is 2. The lowest BCUT2D eigenvalue weighted by atomic mass is 9.77. The highest BCUT2D eigenvalue weighted by Crippen LogP contribution is 2.45. The van der Waals surface area contributed by atoms with E-state index in [9.17, 15) is 4.79 Å². The van der Waals surface area contributed by atoms with Crippen LogP contribution in [0.1, 0.15) is 36.5 Å². The van der Waals surface area contributed by atoms with E-state index in [0.29, 0.717) is 0 Å². The Hall–Kier alpha value is -4.42. The van der Waals surface area contributed by atoms with Crippen molar-refractivity contribution in [1.29, 1.82) is 0 Å². The van der Waals surface area contributed by atoms with Crippen molar-refractivity contribution in [3.8, 4) is 0 Å². The second-order valence-corrected chi connectivity index (χ2v) is 11.2. The summed E-state index contributed by atoms with van der Waals surface area (Å²) in [6.07, 6.45) is 1.81. The molecule has 0 unspecified atom stereocenters. The van der Waals surface area contributed by atoms with Gasteiger partial charge in [0.1, 0.15) is 5.54 Å². The first kappa shape index (κ1) is 25.5. The van der Waals surface area contributed by atoms with Gasteiger partial charge in [-0.2, -0.15) is 5.10 Å². The Balaban J connectivity index is 1.48. The van der Waals surface area contributed by atoms with Gasteiger partial charge in [-0.15, -0.1) is 0 Å². The monoisotopic (exact) mass is 541 g/mol. The minimum Gasteiger partial charge on any atom is -0.368 e. The zero-order valence-electron chi connectivity index (χ0n) is 23.4. The highest BCUT2D eigenvalue weighted by molar-refractivity contribution is 6.03. The van der Waals surface area contributed by atoms with E-state index in [-0.39, 0.29) is 11.3 Å². The van der Waals surface area contributed by atoms with E-state index in [0.717, 1.165) is 78.1 Å². The van der Waals surface area contributed by atoms with Crippen LogP contribution in [-0.2, 0) is 10.3 Å². The predicted molar refractivity (Wildman–Crippen MR) is 165 cm³/mol. The molecule has 41 heavy (non-hydrogen) atoms. The van der Waals surface area contributed by atoms with Crippen molar-refractivity contribution >= 4 is 28.3 Å². The van der Waals surface area contributed by atoms with Crippen LogP contribution in [0, 0.1) is 5.41 Å². The molecule has 2 aliphatic heterocycles. The Morgan fingerprint density at radius 1 is 0.854 bits per heavy atom. The lowest BCUT2D eigenvalue weighted by Crippen LogP contribution is -2.38. The average Bonchev–Trinajstić information content (AvgIpc) is 3.74. The minimum absolute atomic E-state index is 0.242. The molecule has 1 aromatic heterocycles. The zero-order chi connectivity index (χ0) is 27.9. The SMILES string of the molecule is CCNc1nn(C(c2ccccc2)(c2ccccc2)c2ccccc2)c2ccc(N3CC[C@]4(CCNC4)C3=O)cc12. The van der Waals surface area contributed by atoms with Gasteiger partial charge in [-0.3, -0.25) is 4.79 Å². The number of fused-ring (bicyclic) bond motifs is 1. The number of hydrogen-bond acceptors (Lipinski definition) is 4. The molecular weight excluding hydrogens is 506 g/mol. The number of carbonyl (C=O) groups is 1. The van der Waals surface area contributed by atoms with Crippen LogP contribution >= 0.6 is 0 Å². The molecule has 0 bridgehead atoms. The van der Waals surface area contributed by atoms with Gasteiger partial charge in [0.15, 0.2) is 5.82 Å². The molecule has 1 atom stereocenters. The molecule has 4 aromatic carbocycles. The summed E-state index contributed by atoms with van der Waals surface area (Å²) in [4.78, 5) is 15.6. The number of rotatable bonds is 7. The van der Waals surface area contributed by atoms with E-state index in [1.54, 1.807) is 0 Å². The number of amides is 1. The Labute approximate surface area is 241 Å². The van der Waals surface area contributed by atoms with Gasteiger partial charge in [-0.05, 0) is 61.2 Å². The molecule has 0 radical (unpaired) electrons. The molecular formula is C35H35N5O. The Kier molecular flexibility index (Phi) is 6.36. The third kappa shape index (κ3) is 3.97. The third-order valence-electron chi connectivity index (χ3n) is 8.97. The normalized spacial score (nSPS) is 19.0. The van der Waals surface area contributed by atoms with Crippen LogP contribution in [0.15, 0.2) is 109 Å². The highest BCUT2D eigenvalue weighted by atomic mass is 16.2. The van der Waals surface area contributed by atoms with Gasteiger partial charge in [0.2, 0.25) is 5.91 Å². The van der Waals surface area contributed by atoms with Crippen LogP contribution in [0.2, 0.25) is 0 Å². The van der Waals surface area contributed by atoms with Crippen LogP contribution < -0.4 is 15.5 Å². The number of carbonyl (C=O) groups excluding carboxylic acids is 1. The average molecular weight is 542 g/mol. The van der Waals surface area contributed by atoms with Gasteiger partial charge in [0.25, 0.3) is 0 Å². The smallest absolute Gasteiger partial charge is 0.234 e. The second kappa shape index (κ2) is 10.2. The van der Waals surface area contributed by atoms with Gasteiger partial charge in [-0.1, -0.05) is 91.0 Å². The van der Waals surface area contributed by atoms with E-state index in [4.69, 9.17) is 5.10 Å². The summed E-state index contributed by atoms with van der Waals surface area (Å²) < 4.78 is 2.18. The molecule has 2 saturated heterocycles. The van der Waals surface area contributed by atoms with Crippen LogP contribution in [-0.4, -0.2) is 41.9 Å². The maximum Gasteiger partial charge on any atom is 0.234 e. The molecule has 0 aliphatic carbocycles. The second-order valence-electron chi connectivity index (χ2n) is 11.2. The van der Waals surface area contributed by atoms with Gasteiger partial charge in [-0.25, -0.2) is 4.68 Å². The van der Waals surface area contributed by atoms with Crippen molar-refractivity contribution in [3.05, 3.63) is 126 Å². The zero-order valence-corrected chi connectivity index (χ0v) is 23.4. The van der Waals surface area contributed by atoms with Gasteiger partial charge >= 0.3 is 0 Å². The van der Waals surface area contributed by atoms with E-state index < -0.39 is 5.54 Å². The van der Waals surface area contributed by atoms with Gasteiger partial charge in [0.05, 0.1) is 10.9 Å². The third-order valence-corrected chi connectivity index (χ3v) is 8.97. The van der Waals surface area contributed by atoms with Crippen LogP contribution in [0.4, 0.5) is 11.5 Å². The molecule has 7 rings (SSSR count). The first-order valence-electron chi connectivity index (χ1n) is 14.6. The molecule has 1 amide bonds. The maximum absolute atomic E-state index is 13.6. The molecule has 6 nitrogen and oxygen atoms in total. The summed E-state index contributed by atoms with van der Waals surface area (Å²) in [6, 6.07) is 38.3. The van der Waals surface area contributed by atoms with E-state index >= 15 is 0 Å². The number of anilines is 2. The lowest BCUT2D eigenvalue weighted by Gasteiger charge is -2.37. The summed E-state index contributed by atoms with van der Waals surface area (Å²) in [6.45, 7) is 5.27. The quantitative estimate of drug-likeness (QED) is 0.247. The standard InChI is InChI=1S/C35H35N5O/c1-2-37-32-30-24-29(39-23-21-34(33(39)41)20-22-36-25-34)18-19-31(30)40(38-32)35(26-12-6-3-7-13-26,27-14-8-4-9-15-27)28-16-10-5-11-17-28/h3-19,24,36H,2,20-23,25H2,1H3,(H,37,38)/t34-/m0/s1. The summed E-state index contributed by atoms with van der Waals surface area (Å²) in [5.74, 6) is 1.06. The number of nitrogens with zero attached hydrogens (tertiary/aromatic N) is 3. The van der Waals surface area contributed by atoms with Gasteiger partial charge < -0.3 is 15.5 Å². The van der Waals surface area contributed by atoms with Crippen molar-refractivity contribution in [2.45, 2.75) is 25.3 Å². The minimum atomic E-state index is -0.722. The summed E-state index contributed by atoms with van der Waals surface area (Å²) in [7, 11) is 0. The first-order valence-corrected chi connectivity index (χ1v) is 14.6. The predicted octanol–water partition coefficient (Wildman–Crippen LogP) is 6.02. The molecule has 206 valence electrons. The summed E-state index contributed by atoms with van der Waals surface area (Å²) in [5.41, 5.74) is 4.34. The van der Waals surface area contributed by atoms with E-state index in [1.807, 2.05) is 4.90 Å². The largest absolute Gasteiger partial charge is 0.368 e. The summed E-state index contributed by atoms with van der Waals surface area (Å²) >= 11 is 0. The molecule has 2 aliphatic rings. The van der Waals surface area contributed by atoms with Crippen molar-refractivity contribution in [2.24, 2.45) is 5.41 Å². The molecule has 5 aromatic rings. The molecule has 3 heterocycles. The molecule has 0 saturated carbocycles. The number of nitrogens with one attached hydrogen (secondary N) is 2. The summed E-state index contributed by atoms with van der Waals surface area (Å²) in [5, 5.41) is 13.3. The van der Waals surface area contributed by atoms with Crippen LogP contribution in [0.25, 0.3) is 10.9 Å². The molecule has 6 heteroatoms. The Morgan fingerprint density at radius 2 is 1.46 bits per heavy atom. The van der Waals surface area contributed by atoms with Crippen molar-refractivity contribution in [3.63, 3.8) is 0 Å². The van der Waals surface area contributed by atoms with Crippen LogP contribution in [0.3, 0.4) is 0 Å². The number of hydrogen-bond donors (Lipinski definition) is 2. The van der Waals surface area contributed by atoms with Crippen LogP contribution in [0.5, 0.6) is 0 Å². The maximum atomic E-state index is 13.6. The van der Waals surface area contributed by atoms with Crippen molar-refractivity contribution < 1.29 is 4.79 Å². The first-order chi connectivity index (χ1) is 20.2. The fourth-order valence-corrected chi connectivity index (χ4v) is 6.94. The Bertz CT molecular complexity index is 1580. The van der Waals surface area contributed by atoms with E-state index in [1.165, 1.54) is 0 Å². The topological polar surface area (TPSA) is 62.2 Å². The van der Waals surface area contributed by atoms with Crippen molar-refractivity contribution in [1.82, 2.24) is 15.1 Å². The number of benzene rings is 4. The molecule has 2 N–H and O–H groups in total. The molecule has 1 spiro atoms. The highest BCUT2D eigenvalue weighted by Gasteiger charge is 2.49. The fraction of sp³-hybridized carbons (Fsp3) is 0.257. The van der Waals surface area contributed by atoms with Crippen molar-refractivity contribution in [2.75, 3.05) is 36.4 Å². The fourth-order valence-electron chi connectivity index (χ4n) is 6.94. The molecule has 2 fully saturated rings.